The summed E-state index contributed by atoms with van der Waals surface area (Å²) in [7, 11) is 0. The maximum Gasteiger partial charge on any atom is 0.274 e. The molecule has 1 aliphatic heterocycles. The Morgan fingerprint density at radius 2 is 1.92 bits per heavy atom. The molecule has 0 amide bonds. The molecule has 1 atom stereocenters. The van der Waals surface area contributed by atoms with E-state index in [2.05, 4.69) is 36.1 Å². The first-order chi connectivity index (χ1) is 11.5. The van der Waals surface area contributed by atoms with Crippen LogP contribution in [0.25, 0.3) is 10.8 Å². The summed E-state index contributed by atoms with van der Waals surface area (Å²) >= 11 is 0. The van der Waals surface area contributed by atoms with Crippen LogP contribution in [0.2, 0.25) is 0 Å². The predicted octanol–water partition coefficient (Wildman–Crippen LogP) is 2.25. The molecule has 0 aliphatic carbocycles. The van der Waals surface area contributed by atoms with Crippen molar-refractivity contribution < 1.29 is 0 Å². The number of aromatic nitrogens is 2. The summed E-state index contributed by atoms with van der Waals surface area (Å²) in [6.45, 7) is 9.56. The number of likely N-dealkylation sites (tertiary alicyclic amines) is 1. The van der Waals surface area contributed by atoms with Gasteiger partial charge in [0.2, 0.25) is 0 Å². The van der Waals surface area contributed by atoms with Gasteiger partial charge in [0.05, 0.1) is 18.1 Å². The topological polar surface area (TPSA) is 50.2 Å². The van der Waals surface area contributed by atoms with Crippen LogP contribution in [-0.4, -0.2) is 45.9 Å². The maximum absolute atomic E-state index is 12.5. The van der Waals surface area contributed by atoms with E-state index in [0.717, 1.165) is 23.9 Å². The number of rotatable bonds is 5. The van der Waals surface area contributed by atoms with Crippen molar-refractivity contribution in [1.82, 2.24) is 20.0 Å². The zero-order valence-corrected chi connectivity index (χ0v) is 14.9. The van der Waals surface area contributed by atoms with Gasteiger partial charge < -0.3 is 10.2 Å². The quantitative estimate of drug-likeness (QED) is 0.914. The normalized spacial score (nSPS) is 18.3. The minimum Gasteiger partial charge on any atom is -0.310 e. The molecule has 5 heteroatoms. The molecule has 0 saturated carbocycles. The smallest absolute Gasteiger partial charge is 0.274 e. The van der Waals surface area contributed by atoms with Crippen molar-refractivity contribution in [3.63, 3.8) is 0 Å². The second-order valence-corrected chi connectivity index (χ2v) is 7.19. The second kappa shape index (κ2) is 7.45. The predicted molar refractivity (Wildman–Crippen MR) is 98.3 cm³/mol. The van der Waals surface area contributed by atoms with E-state index in [1.807, 2.05) is 24.3 Å². The summed E-state index contributed by atoms with van der Waals surface area (Å²) < 4.78 is 1.59. The van der Waals surface area contributed by atoms with Gasteiger partial charge in [-0.3, -0.25) is 4.79 Å². The Labute approximate surface area is 143 Å². The maximum atomic E-state index is 12.5. The van der Waals surface area contributed by atoms with Crippen molar-refractivity contribution in [2.75, 3.05) is 13.1 Å². The molecule has 1 saturated heterocycles. The minimum absolute atomic E-state index is 0.00335. The van der Waals surface area contributed by atoms with Gasteiger partial charge in [-0.2, -0.15) is 5.10 Å². The highest BCUT2D eigenvalue weighted by molar-refractivity contribution is 5.80. The minimum atomic E-state index is -0.00335. The molecule has 1 aromatic carbocycles. The number of nitrogens with zero attached hydrogens (tertiary/aromatic N) is 3. The summed E-state index contributed by atoms with van der Waals surface area (Å²) in [5, 5.41) is 9.65. The second-order valence-electron chi connectivity index (χ2n) is 7.19. The van der Waals surface area contributed by atoms with Gasteiger partial charge in [-0.15, -0.1) is 0 Å². The third-order valence-electron chi connectivity index (χ3n) is 4.99. The van der Waals surface area contributed by atoms with Gasteiger partial charge in [0.25, 0.3) is 5.56 Å². The number of nitrogens with one attached hydrogen (secondary N) is 1. The van der Waals surface area contributed by atoms with E-state index in [-0.39, 0.29) is 11.6 Å². The number of hydrogen-bond donors (Lipinski definition) is 1. The summed E-state index contributed by atoms with van der Waals surface area (Å²) in [4.78, 5) is 15.1. The van der Waals surface area contributed by atoms with Crippen molar-refractivity contribution in [3.05, 3.63) is 40.8 Å². The van der Waals surface area contributed by atoms with Crippen molar-refractivity contribution in [1.29, 1.82) is 0 Å². The SMILES string of the molecule is CC(Cn1ncc2ccccc2c1=O)NC1CCN(C(C)C)CC1. The van der Waals surface area contributed by atoms with Gasteiger partial charge in [0, 0.05) is 23.5 Å². The fraction of sp³-hybridized carbons (Fsp3) is 0.579. The standard InChI is InChI=1S/C19H28N4O/c1-14(2)22-10-8-17(9-11-22)21-15(3)13-23-19(24)18-7-5-4-6-16(18)12-20-23/h4-7,12,14-15,17,21H,8-11,13H2,1-3H3. The molecular formula is C19H28N4O. The first-order valence-corrected chi connectivity index (χ1v) is 8.99. The molecule has 24 heavy (non-hydrogen) atoms. The van der Waals surface area contributed by atoms with Crippen LogP contribution in [0, 0.1) is 0 Å². The van der Waals surface area contributed by atoms with Crippen LogP contribution in [0.3, 0.4) is 0 Å². The summed E-state index contributed by atoms with van der Waals surface area (Å²) in [6.07, 6.45) is 4.12. The molecule has 0 bridgehead atoms. The average molecular weight is 328 g/mol. The molecule has 1 N–H and O–H groups in total. The first-order valence-electron chi connectivity index (χ1n) is 8.99. The lowest BCUT2D eigenvalue weighted by Crippen LogP contribution is -2.48. The zero-order valence-electron chi connectivity index (χ0n) is 14.9. The Morgan fingerprint density at radius 1 is 1.21 bits per heavy atom. The molecule has 2 heterocycles. The molecule has 1 fully saturated rings. The number of fused-ring (bicyclic) bond motifs is 1. The highest BCUT2D eigenvalue weighted by Crippen LogP contribution is 2.13. The monoisotopic (exact) mass is 328 g/mol. The van der Waals surface area contributed by atoms with E-state index in [1.165, 1.54) is 12.8 Å². The van der Waals surface area contributed by atoms with Crippen LogP contribution in [-0.2, 0) is 6.54 Å². The van der Waals surface area contributed by atoms with Crippen LogP contribution in [0.4, 0.5) is 0 Å². The van der Waals surface area contributed by atoms with Crippen molar-refractivity contribution >= 4 is 10.8 Å². The highest BCUT2D eigenvalue weighted by atomic mass is 16.1. The van der Waals surface area contributed by atoms with Crippen LogP contribution in [0.15, 0.2) is 35.3 Å². The Balaban J connectivity index is 1.60. The zero-order chi connectivity index (χ0) is 17.1. The van der Waals surface area contributed by atoms with Crippen LogP contribution in [0.1, 0.15) is 33.6 Å². The average Bonchev–Trinajstić information content (AvgIpc) is 2.58. The molecule has 1 unspecified atom stereocenters. The molecule has 0 spiro atoms. The van der Waals surface area contributed by atoms with Crippen LogP contribution < -0.4 is 10.9 Å². The van der Waals surface area contributed by atoms with E-state index in [4.69, 9.17) is 0 Å². The third-order valence-corrected chi connectivity index (χ3v) is 4.99. The number of hydrogen-bond acceptors (Lipinski definition) is 4. The summed E-state index contributed by atoms with van der Waals surface area (Å²) in [5.74, 6) is 0. The van der Waals surface area contributed by atoms with Gasteiger partial charge in [-0.25, -0.2) is 4.68 Å². The first kappa shape index (κ1) is 17.1. The largest absolute Gasteiger partial charge is 0.310 e. The van der Waals surface area contributed by atoms with Crippen molar-refractivity contribution in [2.24, 2.45) is 0 Å². The lowest BCUT2D eigenvalue weighted by atomic mass is 10.0. The highest BCUT2D eigenvalue weighted by Gasteiger charge is 2.22. The number of piperidine rings is 1. The van der Waals surface area contributed by atoms with Gasteiger partial charge in [-0.1, -0.05) is 18.2 Å². The molecule has 3 rings (SSSR count). The molecule has 0 radical (unpaired) electrons. The lowest BCUT2D eigenvalue weighted by Gasteiger charge is -2.36. The Morgan fingerprint density at radius 3 is 2.62 bits per heavy atom. The molecule has 2 aromatic rings. The molecule has 1 aromatic heterocycles. The number of benzene rings is 1. The Kier molecular flexibility index (Phi) is 5.31. The van der Waals surface area contributed by atoms with Crippen molar-refractivity contribution in [3.8, 4) is 0 Å². The van der Waals surface area contributed by atoms with Gasteiger partial charge >= 0.3 is 0 Å². The summed E-state index contributed by atoms with van der Waals surface area (Å²) in [5.41, 5.74) is -0.00335. The Bertz CT molecular complexity index is 731. The van der Waals surface area contributed by atoms with Gasteiger partial charge in [0.1, 0.15) is 0 Å². The van der Waals surface area contributed by atoms with Gasteiger partial charge in [-0.05, 0) is 52.8 Å². The Hall–Kier alpha value is -1.72. The van der Waals surface area contributed by atoms with Crippen LogP contribution >= 0.6 is 0 Å². The van der Waals surface area contributed by atoms with E-state index >= 15 is 0 Å². The molecule has 5 nitrogen and oxygen atoms in total. The lowest BCUT2D eigenvalue weighted by molar-refractivity contribution is 0.155. The van der Waals surface area contributed by atoms with E-state index in [9.17, 15) is 4.79 Å². The van der Waals surface area contributed by atoms with Crippen LogP contribution in [0.5, 0.6) is 0 Å². The van der Waals surface area contributed by atoms with Gasteiger partial charge in [0.15, 0.2) is 0 Å². The van der Waals surface area contributed by atoms with E-state index in [0.29, 0.717) is 18.6 Å². The molecular weight excluding hydrogens is 300 g/mol. The van der Waals surface area contributed by atoms with Crippen molar-refractivity contribution in [2.45, 2.75) is 58.3 Å². The summed E-state index contributed by atoms with van der Waals surface area (Å²) in [6, 6.07) is 9.02. The molecule has 1 aliphatic rings. The van der Waals surface area contributed by atoms with E-state index < -0.39 is 0 Å². The molecule has 130 valence electrons. The third kappa shape index (κ3) is 3.84. The fourth-order valence-electron chi connectivity index (χ4n) is 3.55. The fourth-order valence-corrected chi connectivity index (χ4v) is 3.55. The van der Waals surface area contributed by atoms with E-state index in [1.54, 1.807) is 10.9 Å².